The van der Waals surface area contributed by atoms with Crippen LogP contribution in [0.1, 0.15) is 42.1 Å². The predicted octanol–water partition coefficient (Wildman–Crippen LogP) is 1.08. The van der Waals surface area contributed by atoms with Crippen molar-refractivity contribution in [3.8, 4) is 5.88 Å². The Morgan fingerprint density at radius 2 is 2.05 bits per heavy atom. The second kappa shape index (κ2) is 4.72. The molecule has 1 aromatic carbocycles. The van der Waals surface area contributed by atoms with E-state index in [9.17, 15) is 9.90 Å². The Morgan fingerprint density at radius 1 is 1.24 bits per heavy atom. The molecule has 108 valence electrons. The molecule has 4 nitrogen and oxygen atoms in total. The lowest BCUT2D eigenvalue weighted by atomic mass is 9.97. The van der Waals surface area contributed by atoms with E-state index in [2.05, 4.69) is 0 Å². The van der Waals surface area contributed by atoms with Crippen molar-refractivity contribution >= 4 is 0 Å². The first-order valence-corrected chi connectivity index (χ1v) is 7.66. The van der Waals surface area contributed by atoms with E-state index in [1.54, 1.807) is 0 Å². The molecule has 0 aliphatic carbocycles. The molecule has 0 amide bonds. The largest absolute Gasteiger partial charge is 0.842 e. The maximum absolute atomic E-state index is 12.7. The van der Waals surface area contributed by atoms with Crippen LogP contribution >= 0.6 is 0 Å². The Morgan fingerprint density at radius 3 is 2.86 bits per heavy atom. The van der Waals surface area contributed by atoms with E-state index in [1.165, 1.54) is 0 Å². The van der Waals surface area contributed by atoms with Gasteiger partial charge in [0.15, 0.2) is 0 Å². The minimum atomic E-state index is -0.0699. The Balaban J connectivity index is 1.88. The summed E-state index contributed by atoms with van der Waals surface area (Å²) in [7, 11) is 0. The van der Waals surface area contributed by atoms with Crippen molar-refractivity contribution < 1.29 is 9.67 Å². The molecule has 0 saturated heterocycles. The highest BCUT2D eigenvalue weighted by Crippen LogP contribution is 2.32. The van der Waals surface area contributed by atoms with Crippen LogP contribution in [0.25, 0.3) is 0 Å². The molecule has 0 saturated carbocycles. The molecule has 2 aromatic rings. The fraction of sp³-hybridized carbons (Fsp3) is 0.412. The van der Waals surface area contributed by atoms with Gasteiger partial charge in [-0.15, -0.1) is 0 Å². The number of hydrogen-bond donors (Lipinski definition) is 0. The number of rotatable bonds is 2. The molecule has 2 aliphatic rings. The van der Waals surface area contributed by atoms with Gasteiger partial charge in [-0.3, -0.25) is 0 Å². The molecule has 1 unspecified atom stereocenters. The summed E-state index contributed by atoms with van der Waals surface area (Å²) in [5.41, 5.74) is 1.37. The van der Waals surface area contributed by atoms with E-state index >= 15 is 0 Å². The van der Waals surface area contributed by atoms with Crippen LogP contribution in [0.2, 0.25) is 0 Å². The quantitative estimate of drug-likeness (QED) is 0.774. The van der Waals surface area contributed by atoms with Crippen molar-refractivity contribution in [2.45, 2.75) is 44.7 Å². The average molecular weight is 282 g/mol. The maximum atomic E-state index is 12.7. The molecule has 0 N–H and O–H groups in total. The Labute approximate surface area is 123 Å². The molecule has 1 atom stereocenters. The van der Waals surface area contributed by atoms with Crippen LogP contribution < -0.4 is 15.2 Å². The molecule has 0 bridgehead atoms. The van der Waals surface area contributed by atoms with Gasteiger partial charge in [0.2, 0.25) is 0 Å². The van der Waals surface area contributed by atoms with Crippen LogP contribution in [-0.4, -0.2) is 4.57 Å². The monoisotopic (exact) mass is 282 g/mol. The molecule has 4 heteroatoms. The van der Waals surface area contributed by atoms with Gasteiger partial charge in [-0.1, -0.05) is 30.3 Å². The SMILES string of the molecule is O=c1c(Cc2ccccc2)c([O-])[n+]2c3n1CCC3CCC2. The summed E-state index contributed by atoms with van der Waals surface area (Å²) in [6.07, 6.45) is 3.59. The highest BCUT2D eigenvalue weighted by atomic mass is 16.3. The van der Waals surface area contributed by atoms with Crippen LogP contribution in [0.5, 0.6) is 5.88 Å². The predicted molar refractivity (Wildman–Crippen MR) is 76.2 cm³/mol. The molecule has 0 fully saturated rings. The second-order valence-electron chi connectivity index (χ2n) is 6.04. The van der Waals surface area contributed by atoms with Crippen molar-refractivity contribution in [1.82, 2.24) is 4.57 Å². The van der Waals surface area contributed by atoms with E-state index in [0.29, 0.717) is 17.9 Å². The molecule has 21 heavy (non-hydrogen) atoms. The number of hydrogen-bond acceptors (Lipinski definition) is 2. The third kappa shape index (κ3) is 1.89. The first-order chi connectivity index (χ1) is 10.3. The lowest BCUT2D eigenvalue weighted by Crippen LogP contribution is -2.50. The van der Waals surface area contributed by atoms with E-state index in [4.69, 9.17) is 0 Å². The van der Waals surface area contributed by atoms with Crippen LogP contribution in [0.4, 0.5) is 0 Å². The van der Waals surface area contributed by atoms with Gasteiger partial charge in [-0.25, -0.2) is 9.36 Å². The smallest absolute Gasteiger partial charge is 0.340 e. The third-order valence-electron chi connectivity index (χ3n) is 4.78. The molecule has 1 aromatic heterocycles. The van der Waals surface area contributed by atoms with E-state index in [-0.39, 0.29) is 11.4 Å². The van der Waals surface area contributed by atoms with Gasteiger partial charge in [0, 0.05) is 6.42 Å². The fourth-order valence-electron chi connectivity index (χ4n) is 3.78. The Bertz CT molecular complexity index is 750. The molecular weight excluding hydrogens is 264 g/mol. The van der Waals surface area contributed by atoms with Crippen LogP contribution in [0.3, 0.4) is 0 Å². The van der Waals surface area contributed by atoms with Gasteiger partial charge in [0.05, 0.1) is 30.5 Å². The summed E-state index contributed by atoms with van der Waals surface area (Å²) in [6.45, 7) is 1.52. The van der Waals surface area contributed by atoms with Gasteiger partial charge in [0.25, 0.3) is 5.82 Å². The first kappa shape index (κ1) is 12.6. The van der Waals surface area contributed by atoms with Crippen molar-refractivity contribution in [3.63, 3.8) is 0 Å². The molecule has 4 rings (SSSR count). The van der Waals surface area contributed by atoms with Crippen LogP contribution in [-0.2, 0) is 19.5 Å². The number of benzene rings is 1. The summed E-state index contributed by atoms with van der Waals surface area (Å²) >= 11 is 0. The first-order valence-electron chi connectivity index (χ1n) is 7.66. The van der Waals surface area contributed by atoms with Gasteiger partial charge in [-0.05, 0) is 24.8 Å². The average Bonchev–Trinajstić information content (AvgIpc) is 2.95. The minimum absolute atomic E-state index is 0.0679. The minimum Gasteiger partial charge on any atom is -0.842 e. The third-order valence-corrected chi connectivity index (χ3v) is 4.78. The van der Waals surface area contributed by atoms with Crippen LogP contribution in [0.15, 0.2) is 35.1 Å². The molecule has 0 radical (unpaired) electrons. The second-order valence-corrected chi connectivity index (χ2v) is 6.04. The summed E-state index contributed by atoms with van der Waals surface area (Å²) in [4.78, 5) is 12.7. The topological polar surface area (TPSA) is 48.9 Å². The zero-order chi connectivity index (χ0) is 14.4. The molecule has 0 spiro atoms. The van der Waals surface area contributed by atoms with Gasteiger partial charge < -0.3 is 5.11 Å². The fourth-order valence-corrected chi connectivity index (χ4v) is 3.78. The Kier molecular flexibility index (Phi) is 2.84. The summed E-state index contributed by atoms with van der Waals surface area (Å²) in [5.74, 6) is 1.32. The summed E-state index contributed by atoms with van der Waals surface area (Å²) in [6, 6.07) is 9.77. The standard InChI is InChI=1S/C17H18N2O2/c20-16-14(11-12-5-2-1-3-6-12)17(21)19-10-8-13-7-4-9-18(16)15(13)19/h1-3,5-6,13H,4,7-11H2. The lowest BCUT2D eigenvalue weighted by Gasteiger charge is -2.23. The summed E-state index contributed by atoms with van der Waals surface area (Å²) in [5, 5.41) is 12.7. The van der Waals surface area contributed by atoms with Gasteiger partial charge in [-0.2, -0.15) is 4.57 Å². The van der Waals surface area contributed by atoms with E-state index in [1.807, 2.05) is 39.5 Å². The highest BCUT2D eigenvalue weighted by Gasteiger charge is 2.38. The zero-order valence-electron chi connectivity index (χ0n) is 11.9. The zero-order valence-corrected chi connectivity index (χ0v) is 11.9. The van der Waals surface area contributed by atoms with Crippen molar-refractivity contribution in [3.05, 3.63) is 57.6 Å². The normalized spacial score (nSPS) is 19.5. The van der Waals surface area contributed by atoms with Crippen molar-refractivity contribution in [2.24, 2.45) is 0 Å². The van der Waals surface area contributed by atoms with E-state index in [0.717, 1.165) is 43.7 Å². The van der Waals surface area contributed by atoms with Crippen LogP contribution in [0, 0.1) is 0 Å². The van der Waals surface area contributed by atoms with Crippen molar-refractivity contribution in [1.29, 1.82) is 0 Å². The summed E-state index contributed by atoms with van der Waals surface area (Å²) < 4.78 is 3.71. The molecule has 3 heterocycles. The number of nitrogens with zero attached hydrogens (tertiary/aromatic N) is 2. The number of aromatic nitrogens is 2. The molecular formula is C17H18N2O2. The van der Waals surface area contributed by atoms with Gasteiger partial charge >= 0.3 is 5.56 Å². The highest BCUT2D eigenvalue weighted by molar-refractivity contribution is 5.28. The van der Waals surface area contributed by atoms with E-state index < -0.39 is 0 Å². The van der Waals surface area contributed by atoms with Gasteiger partial charge in [0.1, 0.15) is 0 Å². The van der Waals surface area contributed by atoms with Crippen molar-refractivity contribution in [2.75, 3.05) is 0 Å². The lowest BCUT2D eigenvalue weighted by molar-refractivity contribution is -0.751. The molecule has 2 aliphatic heterocycles. The maximum Gasteiger partial charge on any atom is 0.340 e. The Hall–Kier alpha value is -2.10.